The molecule has 18 heavy (non-hydrogen) atoms. The summed E-state index contributed by atoms with van der Waals surface area (Å²) in [6.07, 6.45) is 6.57. The minimum Gasteiger partial charge on any atom is -0.126 e. The zero-order chi connectivity index (χ0) is 12.8. The maximum absolute atomic E-state index is 6.39. The average Bonchev–Trinajstić information content (AvgIpc) is 2.93. The predicted molar refractivity (Wildman–Crippen MR) is 78.5 cm³/mol. The number of fused-ring (bicyclic) bond motifs is 2. The van der Waals surface area contributed by atoms with E-state index in [0.717, 1.165) is 29.2 Å². The van der Waals surface area contributed by atoms with Crippen LogP contribution in [0.1, 0.15) is 36.8 Å². The molecule has 3 rings (SSSR count). The van der Waals surface area contributed by atoms with Crippen molar-refractivity contribution in [2.24, 2.45) is 17.3 Å². The molecule has 3 atom stereocenters. The number of hydrogen-bond donors (Lipinski definition) is 0. The average molecular weight is 283 g/mol. The Morgan fingerprint density at radius 2 is 2.17 bits per heavy atom. The van der Waals surface area contributed by atoms with Gasteiger partial charge >= 0.3 is 0 Å². The summed E-state index contributed by atoms with van der Waals surface area (Å²) in [6.45, 7) is 2.09. The Kier molecular flexibility index (Phi) is 3.36. The summed E-state index contributed by atoms with van der Waals surface area (Å²) >= 11 is 12.7. The van der Waals surface area contributed by atoms with Crippen molar-refractivity contribution in [3.05, 3.63) is 34.3 Å². The summed E-state index contributed by atoms with van der Waals surface area (Å²) in [6, 6.07) is 6.43. The van der Waals surface area contributed by atoms with Crippen molar-refractivity contribution in [1.82, 2.24) is 0 Å². The van der Waals surface area contributed by atoms with Gasteiger partial charge in [-0.1, -0.05) is 30.2 Å². The molecular formula is C16H20Cl2. The molecule has 0 N–H and O–H groups in total. The fourth-order valence-corrected chi connectivity index (χ4v) is 4.88. The third-order valence-corrected chi connectivity index (χ3v) is 6.00. The van der Waals surface area contributed by atoms with E-state index in [-0.39, 0.29) is 0 Å². The molecule has 0 nitrogen and oxygen atoms in total. The van der Waals surface area contributed by atoms with Gasteiger partial charge in [0.05, 0.1) is 0 Å². The Morgan fingerprint density at radius 3 is 2.72 bits per heavy atom. The molecule has 2 heteroatoms. The van der Waals surface area contributed by atoms with Crippen LogP contribution in [0.3, 0.4) is 0 Å². The molecule has 0 amide bonds. The highest BCUT2D eigenvalue weighted by atomic mass is 35.5. The van der Waals surface area contributed by atoms with Gasteiger partial charge in [-0.2, -0.15) is 0 Å². The van der Waals surface area contributed by atoms with E-state index in [1.54, 1.807) is 0 Å². The highest BCUT2D eigenvalue weighted by molar-refractivity contribution is 6.31. The zero-order valence-corrected chi connectivity index (χ0v) is 12.4. The number of aryl methyl sites for hydroxylation is 1. The molecule has 1 aromatic carbocycles. The van der Waals surface area contributed by atoms with Gasteiger partial charge in [0.1, 0.15) is 0 Å². The van der Waals surface area contributed by atoms with Crippen LogP contribution in [0.4, 0.5) is 0 Å². The van der Waals surface area contributed by atoms with Crippen molar-refractivity contribution in [3.8, 4) is 0 Å². The molecule has 2 bridgehead atoms. The molecule has 0 saturated heterocycles. The molecular weight excluding hydrogens is 263 g/mol. The SMILES string of the molecule is Cc1ccc(CC2(CCl)CC3CCC2C3)c(Cl)c1. The van der Waals surface area contributed by atoms with Crippen molar-refractivity contribution >= 4 is 23.2 Å². The number of hydrogen-bond acceptors (Lipinski definition) is 0. The van der Waals surface area contributed by atoms with E-state index in [0.29, 0.717) is 5.41 Å². The smallest absolute Gasteiger partial charge is 0.0440 e. The summed E-state index contributed by atoms with van der Waals surface area (Å²) < 4.78 is 0. The number of rotatable bonds is 3. The van der Waals surface area contributed by atoms with E-state index >= 15 is 0 Å². The Balaban J connectivity index is 1.86. The van der Waals surface area contributed by atoms with Crippen molar-refractivity contribution in [2.45, 2.75) is 39.0 Å². The Labute approximate surface area is 120 Å². The van der Waals surface area contributed by atoms with Crippen molar-refractivity contribution < 1.29 is 0 Å². The topological polar surface area (TPSA) is 0 Å². The summed E-state index contributed by atoms with van der Waals surface area (Å²) in [5.41, 5.74) is 2.84. The Hall–Kier alpha value is -0.200. The van der Waals surface area contributed by atoms with Gasteiger partial charge in [-0.3, -0.25) is 0 Å². The molecule has 3 unspecified atom stereocenters. The first-order valence-electron chi connectivity index (χ1n) is 6.94. The minimum atomic E-state index is 0.323. The summed E-state index contributed by atoms with van der Waals surface area (Å²) in [5.74, 6) is 2.55. The number of benzene rings is 1. The van der Waals surface area contributed by atoms with Crippen molar-refractivity contribution in [2.75, 3.05) is 5.88 Å². The lowest BCUT2D eigenvalue weighted by Crippen LogP contribution is -2.32. The molecule has 1 aromatic rings. The molecule has 2 aliphatic carbocycles. The van der Waals surface area contributed by atoms with Crippen LogP contribution in [0.15, 0.2) is 18.2 Å². The predicted octanol–water partition coefficient (Wildman–Crippen LogP) is 5.24. The van der Waals surface area contributed by atoms with E-state index in [1.807, 2.05) is 0 Å². The quantitative estimate of drug-likeness (QED) is 0.666. The van der Waals surface area contributed by atoms with Gasteiger partial charge in [0.25, 0.3) is 0 Å². The van der Waals surface area contributed by atoms with Gasteiger partial charge in [0, 0.05) is 10.9 Å². The van der Waals surface area contributed by atoms with E-state index in [1.165, 1.54) is 36.8 Å². The Bertz CT molecular complexity index is 454. The van der Waals surface area contributed by atoms with Gasteiger partial charge in [-0.05, 0) is 67.1 Å². The largest absolute Gasteiger partial charge is 0.126 e. The molecule has 2 fully saturated rings. The Morgan fingerprint density at radius 1 is 1.33 bits per heavy atom. The van der Waals surface area contributed by atoms with Crippen LogP contribution < -0.4 is 0 Å². The first-order chi connectivity index (χ1) is 8.63. The van der Waals surface area contributed by atoms with Crippen LogP contribution in [-0.2, 0) is 6.42 Å². The van der Waals surface area contributed by atoms with Crippen LogP contribution in [0.25, 0.3) is 0 Å². The van der Waals surface area contributed by atoms with E-state index < -0.39 is 0 Å². The maximum atomic E-state index is 6.39. The van der Waals surface area contributed by atoms with Gasteiger partial charge in [-0.15, -0.1) is 11.6 Å². The van der Waals surface area contributed by atoms with Crippen LogP contribution in [0.2, 0.25) is 5.02 Å². The maximum Gasteiger partial charge on any atom is 0.0440 e. The first kappa shape index (κ1) is 12.8. The van der Waals surface area contributed by atoms with Crippen molar-refractivity contribution in [1.29, 1.82) is 0 Å². The van der Waals surface area contributed by atoms with Crippen LogP contribution in [0.5, 0.6) is 0 Å². The molecule has 0 heterocycles. The summed E-state index contributed by atoms with van der Waals surface area (Å²) in [4.78, 5) is 0. The number of alkyl halides is 1. The van der Waals surface area contributed by atoms with Gasteiger partial charge in [0.15, 0.2) is 0 Å². The third kappa shape index (κ3) is 2.08. The van der Waals surface area contributed by atoms with Crippen LogP contribution in [0, 0.1) is 24.2 Å². The highest BCUT2D eigenvalue weighted by Crippen LogP contribution is 2.58. The molecule has 0 radical (unpaired) electrons. The number of halogens is 2. The normalized spacial score (nSPS) is 34.2. The summed E-state index contributed by atoms with van der Waals surface area (Å²) in [7, 11) is 0. The lowest BCUT2D eigenvalue weighted by molar-refractivity contribution is 0.193. The van der Waals surface area contributed by atoms with E-state index in [9.17, 15) is 0 Å². The minimum absolute atomic E-state index is 0.323. The standard InChI is InChI=1S/C16H20Cl2/c1-11-2-4-13(15(18)6-11)9-16(10-17)8-12-3-5-14(16)7-12/h2,4,6,12,14H,3,5,7-10H2,1H3. The molecule has 0 aromatic heterocycles. The van der Waals surface area contributed by atoms with Crippen molar-refractivity contribution in [3.63, 3.8) is 0 Å². The highest BCUT2D eigenvalue weighted by Gasteiger charge is 2.50. The monoisotopic (exact) mass is 282 g/mol. The van der Waals surface area contributed by atoms with Crippen LogP contribution in [-0.4, -0.2) is 5.88 Å². The molecule has 2 saturated carbocycles. The third-order valence-electron chi connectivity index (χ3n) is 5.12. The van der Waals surface area contributed by atoms with E-state index in [4.69, 9.17) is 23.2 Å². The fraction of sp³-hybridized carbons (Fsp3) is 0.625. The molecule has 0 spiro atoms. The molecule has 98 valence electrons. The lowest BCUT2D eigenvalue weighted by Gasteiger charge is -2.36. The fourth-order valence-electron chi connectivity index (χ4n) is 4.16. The van der Waals surface area contributed by atoms with E-state index in [2.05, 4.69) is 25.1 Å². The second-order valence-corrected chi connectivity index (χ2v) is 7.02. The van der Waals surface area contributed by atoms with Gasteiger partial charge < -0.3 is 0 Å². The lowest BCUT2D eigenvalue weighted by atomic mass is 9.71. The molecule has 0 aliphatic heterocycles. The van der Waals surface area contributed by atoms with Crippen LogP contribution >= 0.6 is 23.2 Å². The second kappa shape index (κ2) is 4.72. The first-order valence-corrected chi connectivity index (χ1v) is 7.85. The van der Waals surface area contributed by atoms with Gasteiger partial charge in [-0.25, -0.2) is 0 Å². The van der Waals surface area contributed by atoms with Gasteiger partial charge in [0.2, 0.25) is 0 Å². The zero-order valence-electron chi connectivity index (χ0n) is 10.9. The second-order valence-electron chi connectivity index (χ2n) is 6.35. The summed E-state index contributed by atoms with van der Waals surface area (Å²) in [5, 5.41) is 0.919. The molecule has 2 aliphatic rings.